The number of hydrogen-bond donors (Lipinski definition) is 3. The van der Waals surface area contributed by atoms with Gasteiger partial charge >= 0.3 is 0 Å². The Hall–Kier alpha value is -1.92. The van der Waals surface area contributed by atoms with Crippen molar-refractivity contribution in [2.24, 2.45) is 0 Å². The van der Waals surface area contributed by atoms with Crippen LogP contribution in [0.25, 0.3) is 0 Å². The minimum absolute atomic E-state index is 0.0560. The van der Waals surface area contributed by atoms with E-state index in [0.29, 0.717) is 6.54 Å². The van der Waals surface area contributed by atoms with Gasteiger partial charge in [-0.1, -0.05) is 0 Å². The van der Waals surface area contributed by atoms with Crippen molar-refractivity contribution < 1.29 is 9.59 Å². The minimum atomic E-state index is -0.426. The van der Waals surface area contributed by atoms with Gasteiger partial charge in [-0.15, -0.1) is 0 Å². The number of hydrogen-bond acceptors (Lipinski definition) is 4. The summed E-state index contributed by atoms with van der Waals surface area (Å²) < 4.78 is 0. The second-order valence-corrected chi connectivity index (χ2v) is 2.49. The fraction of sp³-hybridized carbons (Fsp3) is 0.429. The van der Waals surface area contributed by atoms with Gasteiger partial charge in [-0.25, -0.2) is 0 Å². The lowest BCUT2D eigenvalue weighted by Crippen LogP contribution is -2.36. The average Bonchev–Trinajstić information content (AvgIpc) is 2.67. The standard InChI is InChI=1S/C7H11N5O2/c1-2-8-6(13)4-9-7(14)5-3-10-12-11-5/h3H,2,4H2,1H3,(H,8,13)(H,9,14)(H,10,11,12). The van der Waals surface area contributed by atoms with E-state index in [1.165, 1.54) is 6.20 Å². The quantitative estimate of drug-likeness (QED) is 0.556. The van der Waals surface area contributed by atoms with E-state index < -0.39 is 5.91 Å². The molecule has 0 aliphatic rings. The molecule has 0 saturated heterocycles. The maximum absolute atomic E-state index is 11.2. The lowest BCUT2D eigenvalue weighted by molar-refractivity contribution is -0.120. The smallest absolute Gasteiger partial charge is 0.273 e. The Morgan fingerprint density at radius 3 is 2.86 bits per heavy atom. The van der Waals surface area contributed by atoms with Gasteiger partial charge < -0.3 is 10.6 Å². The number of nitrogens with zero attached hydrogens (tertiary/aromatic N) is 2. The van der Waals surface area contributed by atoms with Crippen molar-refractivity contribution in [2.45, 2.75) is 6.92 Å². The molecule has 3 N–H and O–H groups in total. The molecule has 0 saturated carbocycles. The molecule has 0 aliphatic heterocycles. The summed E-state index contributed by atoms with van der Waals surface area (Å²) in [5, 5.41) is 14.3. The molecule has 0 unspecified atom stereocenters. The molecule has 7 nitrogen and oxygen atoms in total. The van der Waals surface area contributed by atoms with Crippen molar-refractivity contribution in [2.75, 3.05) is 13.1 Å². The summed E-state index contributed by atoms with van der Waals surface area (Å²) in [6.07, 6.45) is 1.28. The van der Waals surface area contributed by atoms with Crippen molar-refractivity contribution in [1.29, 1.82) is 0 Å². The number of amides is 2. The molecule has 0 atom stereocenters. The van der Waals surface area contributed by atoms with Crippen LogP contribution in [0.2, 0.25) is 0 Å². The number of likely N-dealkylation sites (N-methyl/N-ethyl adjacent to an activating group) is 1. The topological polar surface area (TPSA) is 99.8 Å². The van der Waals surface area contributed by atoms with Crippen molar-refractivity contribution in [3.63, 3.8) is 0 Å². The number of rotatable bonds is 4. The van der Waals surface area contributed by atoms with Crippen LogP contribution in [0, 0.1) is 0 Å². The first-order valence-corrected chi connectivity index (χ1v) is 4.14. The molecule has 0 aliphatic carbocycles. The summed E-state index contributed by atoms with van der Waals surface area (Å²) in [7, 11) is 0. The molecule has 1 heterocycles. The maximum atomic E-state index is 11.2. The summed E-state index contributed by atoms with van der Waals surface area (Å²) in [6, 6.07) is 0. The van der Waals surface area contributed by atoms with Crippen LogP contribution in [0.15, 0.2) is 6.20 Å². The lowest BCUT2D eigenvalue weighted by atomic mass is 10.4. The van der Waals surface area contributed by atoms with Gasteiger partial charge in [-0.3, -0.25) is 9.59 Å². The molecule has 0 radical (unpaired) electrons. The maximum Gasteiger partial charge on any atom is 0.273 e. The highest BCUT2D eigenvalue weighted by Gasteiger charge is 2.09. The molecule has 76 valence electrons. The van der Waals surface area contributed by atoms with E-state index in [9.17, 15) is 9.59 Å². The Bertz CT molecular complexity index is 308. The minimum Gasteiger partial charge on any atom is -0.355 e. The number of carbonyl (C=O) groups is 2. The van der Waals surface area contributed by atoms with E-state index in [-0.39, 0.29) is 18.1 Å². The molecule has 0 bridgehead atoms. The highest BCUT2D eigenvalue weighted by atomic mass is 16.2. The first-order valence-electron chi connectivity index (χ1n) is 4.14. The van der Waals surface area contributed by atoms with Gasteiger partial charge in [0.1, 0.15) is 0 Å². The van der Waals surface area contributed by atoms with Gasteiger partial charge in [0, 0.05) is 6.54 Å². The Kier molecular flexibility index (Phi) is 3.59. The van der Waals surface area contributed by atoms with Crippen LogP contribution in [-0.2, 0) is 4.79 Å². The fourth-order valence-corrected chi connectivity index (χ4v) is 0.822. The molecular formula is C7H11N5O2. The van der Waals surface area contributed by atoms with Crippen molar-refractivity contribution >= 4 is 11.8 Å². The van der Waals surface area contributed by atoms with Crippen LogP contribution in [0.3, 0.4) is 0 Å². The molecule has 1 aromatic rings. The summed E-state index contributed by atoms with van der Waals surface area (Å²) in [4.78, 5) is 22.1. The van der Waals surface area contributed by atoms with Gasteiger partial charge in [0.2, 0.25) is 5.91 Å². The van der Waals surface area contributed by atoms with Crippen LogP contribution in [-0.4, -0.2) is 40.3 Å². The molecule has 14 heavy (non-hydrogen) atoms. The zero-order valence-electron chi connectivity index (χ0n) is 7.70. The van der Waals surface area contributed by atoms with E-state index in [1.54, 1.807) is 6.92 Å². The van der Waals surface area contributed by atoms with Crippen molar-refractivity contribution in [3.05, 3.63) is 11.9 Å². The predicted octanol–water partition coefficient (Wildman–Crippen LogP) is -1.33. The fourth-order valence-electron chi connectivity index (χ4n) is 0.822. The predicted molar refractivity (Wildman–Crippen MR) is 47.4 cm³/mol. The Labute approximate surface area is 80.3 Å². The summed E-state index contributed by atoms with van der Waals surface area (Å²) in [5.74, 6) is -0.658. The second-order valence-electron chi connectivity index (χ2n) is 2.49. The zero-order chi connectivity index (χ0) is 10.4. The number of H-pyrrole nitrogens is 1. The third-order valence-electron chi connectivity index (χ3n) is 1.43. The van der Waals surface area contributed by atoms with E-state index >= 15 is 0 Å². The third kappa shape index (κ3) is 2.85. The van der Waals surface area contributed by atoms with E-state index in [1.807, 2.05) is 0 Å². The Morgan fingerprint density at radius 2 is 2.29 bits per heavy atom. The Balaban J connectivity index is 2.32. The van der Waals surface area contributed by atoms with Crippen LogP contribution in [0.1, 0.15) is 17.4 Å². The number of carbonyl (C=O) groups excluding carboxylic acids is 2. The van der Waals surface area contributed by atoms with Crippen LogP contribution < -0.4 is 10.6 Å². The first-order chi connectivity index (χ1) is 6.74. The molecule has 1 rings (SSSR count). The largest absolute Gasteiger partial charge is 0.355 e. The van der Waals surface area contributed by atoms with Crippen molar-refractivity contribution in [1.82, 2.24) is 26.0 Å². The Morgan fingerprint density at radius 1 is 1.50 bits per heavy atom. The monoisotopic (exact) mass is 197 g/mol. The molecule has 1 aromatic heterocycles. The normalized spacial score (nSPS) is 9.50. The molecule has 0 fully saturated rings. The molecular weight excluding hydrogens is 186 g/mol. The van der Waals surface area contributed by atoms with Gasteiger partial charge in [0.05, 0.1) is 12.7 Å². The SMILES string of the molecule is CCNC(=O)CNC(=O)c1cn[nH]n1. The summed E-state index contributed by atoms with van der Waals surface area (Å²) >= 11 is 0. The second kappa shape index (κ2) is 4.95. The average molecular weight is 197 g/mol. The van der Waals surface area contributed by atoms with Gasteiger partial charge in [-0.2, -0.15) is 15.4 Å². The van der Waals surface area contributed by atoms with E-state index in [4.69, 9.17) is 0 Å². The zero-order valence-corrected chi connectivity index (χ0v) is 7.70. The van der Waals surface area contributed by atoms with Gasteiger partial charge in [-0.05, 0) is 6.92 Å². The van der Waals surface area contributed by atoms with Crippen LogP contribution in [0.5, 0.6) is 0 Å². The van der Waals surface area contributed by atoms with Crippen LogP contribution >= 0.6 is 0 Å². The third-order valence-corrected chi connectivity index (χ3v) is 1.43. The lowest BCUT2D eigenvalue weighted by Gasteiger charge is -2.02. The first kappa shape index (κ1) is 10.2. The molecule has 0 spiro atoms. The summed E-state index contributed by atoms with van der Waals surface area (Å²) in [5.41, 5.74) is 0.161. The molecule has 7 heteroatoms. The molecule has 0 aromatic carbocycles. The number of aromatic nitrogens is 3. The van der Waals surface area contributed by atoms with E-state index in [2.05, 4.69) is 26.0 Å². The number of aromatic amines is 1. The number of nitrogens with one attached hydrogen (secondary N) is 3. The molecule has 2 amide bonds. The van der Waals surface area contributed by atoms with Gasteiger partial charge in [0.15, 0.2) is 5.69 Å². The van der Waals surface area contributed by atoms with Crippen molar-refractivity contribution in [3.8, 4) is 0 Å². The highest BCUT2D eigenvalue weighted by molar-refractivity contribution is 5.94. The van der Waals surface area contributed by atoms with E-state index in [0.717, 1.165) is 0 Å². The summed E-state index contributed by atoms with van der Waals surface area (Å²) in [6.45, 7) is 2.29. The highest BCUT2D eigenvalue weighted by Crippen LogP contribution is 1.86. The van der Waals surface area contributed by atoms with Crippen LogP contribution in [0.4, 0.5) is 0 Å². The van der Waals surface area contributed by atoms with Gasteiger partial charge in [0.25, 0.3) is 5.91 Å².